The molecule has 1 rings (SSSR count). The van der Waals surface area contributed by atoms with Crippen LogP contribution in [0.3, 0.4) is 0 Å². The maximum atomic E-state index is 13.1. The highest BCUT2D eigenvalue weighted by atomic mass is 35.5. The molecular formula is C13H19ClFN. The Hall–Kier alpha value is -0.600. The van der Waals surface area contributed by atoms with Gasteiger partial charge in [-0.05, 0) is 37.2 Å². The molecule has 1 nitrogen and oxygen atoms in total. The largest absolute Gasteiger partial charge is 0.313 e. The lowest BCUT2D eigenvalue weighted by molar-refractivity contribution is 0.508. The Morgan fingerprint density at radius 1 is 1.38 bits per heavy atom. The van der Waals surface area contributed by atoms with E-state index >= 15 is 0 Å². The molecule has 1 N–H and O–H groups in total. The van der Waals surface area contributed by atoms with Crippen molar-refractivity contribution >= 4 is 11.6 Å². The average Bonchev–Trinajstić information content (AvgIpc) is 2.28. The highest BCUT2D eigenvalue weighted by Gasteiger charge is 2.13. The van der Waals surface area contributed by atoms with Crippen molar-refractivity contribution in [2.75, 3.05) is 7.05 Å². The first-order chi connectivity index (χ1) is 7.69. The van der Waals surface area contributed by atoms with Crippen LogP contribution in [0.15, 0.2) is 18.2 Å². The van der Waals surface area contributed by atoms with Crippen LogP contribution in [-0.2, 0) is 0 Å². The first kappa shape index (κ1) is 13.5. The van der Waals surface area contributed by atoms with Gasteiger partial charge in [0.25, 0.3) is 0 Å². The number of hydrogen-bond acceptors (Lipinski definition) is 1. The van der Waals surface area contributed by atoms with Gasteiger partial charge in [0, 0.05) is 11.1 Å². The van der Waals surface area contributed by atoms with Gasteiger partial charge in [0.2, 0.25) is 0 Å². The van der Waals surface area contributed by atoms with Crippen molar-refractivity contribution in [1.29, 1.82) is 0 Å². The van der Waals surface area contributed by atoms with Gasteiger partial charge >= 0.3 is 0 Å². The molecule has 3 heteroatoms. The highest BCUT2D eigenvalue weighted by Crippen LogP contribution is 2.27. The van der Waals surface area contributed by atoms with E-state index in [1.54, 1.807) is 6.07 Å². The minimum absolute atomic E-state index is 0.148. The van der Waals surface area contributed by atoms with Gasteiger partial charge in [-0.2, -0.15) is 0 Å². The molecule has 0 spiro atoms. The lowest BCUT2D eigenvalue weighted by Crippen LogP contribution is -2.16. The second-order valence-corrected chi connectivity index (χ2v) is 4.41. The zero-order valence-corrected chi connectivity index (χ0v) is 10.6. The van der Waals surface area contributed by atoms with E-state index in [1.807, 2.05) is 7.05 Å². The molecule has 16 heavy (non-hydrogen) atoms. The van der Waals surface area contributed by atoms with Gasteiger partial charge in [0.05, 0.1) is 0 Å². The summed E-state index contributed by atoms with van der Waals surface area (Å²) in [7, 11) is 1.89. The predicted molar refractivity (Wildman–Crippen MR) is 67.4 cm³/mol. The Kier molecular flexibility index (Phi) is 5.78. The van der Waals surface area contributed by atoms with Crippen molar-refractivity contribution in [1.82, 2.24) is 5.32 Å². The summed E-state index contributed by atoms with van der Waals surface area (Å²) in [6.45, 7) is 2.17. The minimum atomic E-state index is -0.227. The fourth-order valence-electron chi connectivity index (χ4n) is 1.84. The van der Waals surface area contributed by atoms with E-state index in [2.05, 4.69) is 12.2 Å². The third kappa shape index (κ3) is 3.76. The van der Waals surface area contributed by atoms with Crippen LogP contribution in [-0.4, -0.2) is 7.05 Å². The molecular weight excluding hydrogens is 225 g/mol. The first-order valence-corrected chi connectivity index (χ1v) is 6.19. The number of benzene rings is 1. The molecule has 0 heterocycles. The molecule has 0 bridgehead atoms. The zero-order valence-electron chi connectivity index (χ0n) is 9.89. The SMILES string of the molecule is CCCCCC(NC)c1cc(F)ccc1Cl. The van der Waals surface area contributed by atoms with Crippen molar-refractivity contribution in [3.63, 3.8) is 0 Å². The number of halogens is 2. The molecule has 0 saturated heterocycles. The summed E-state index contributed by atoms with van der Waals surface area (Å²) in [5.41, 5.74) is 0.861. The van der Waals surface area contributed by atoms with Crippen LogP contribution in [0.25, 0.3) is 0 Å². The number of nitrogens with one attached hydrogen (secondary N) is 1. The van der Waals surface area contributed by atoms with Gasteiger partial charge in [0.1, 0.15) is 5.82 Å². The van der Waals surface area contributed by atoms with Gasteiger partial charge in [-0.25, -0.2) is 4.39 Å². The molecule has 1 aromatic carbocycles. The molecule has 0 saturated carbocycles. The summed E-state index contributed by atoms with van der Waals surface area (Å²) in [4.78, 5) is 0. The Balaban J connectivity index is 2.73. The van der Waals surface area contributed by atoms with E-state index in [0.29, 0.717) is 5.02 Å². The standard InChI is InChI=1S/C13H19ClFN/c1-3-4-5-6-13(16-2)11-9-10(15)7-8-12(11)14/h7-9,13,16H,3-6H2,1-2H3. The first-order valence-electron chi connectivity index (χ1n) is 5.81. The van der Waals surface area contributed by atoms with Crippen LogP contribution >= 0.6 is 11.6 Å². The quantitative estimate of drug-likeness (QED) is 0.734. The summed E-state index contributed by atoms with van der Waals surface area (Å²) in [5.74, 6) is -0.227. The molecule has 0 aliphatic carbocycles. The molecule has 0 aliphatic rings. The molecule has 0 aromatic heterocycles. The Bertz CT molecular complexity index is 328. The summed E-state index contributed by atoms with van der Waals surface area (Å²) < 4.78 is 13.1. The smallest absolute Gasteiger partial charge is 0.123 e. The van der Waals surface area contributed by atoms with Crippen molar-refractivity contribution in [2.24, 2.45) is 0 Å². The van der Waals surface area contributed by atoms with Crippen LogP contribution in [0.4, 0.5) is 4.39 Å². The van der Waals surface area contributed by atoms with E-state index in [0.717, 1.165) is 18.4 Å². The molecule has 0 aliphatic heterocycles. The molecule has 90 valence electrons. The van der Waals surface area contributed by atoms with E-state index in [9.17, 15) is 4.39 Å². The Labute approximate surface area is 102 Å². The summed E-state index contributed by atoms with van der Waals surface area (Å²) in [5, 5.41) is 3.83. The summed E-state index contributed by atoms with van der Waals surface area (Å²) in [6, 6.07) is 4.69. The fourth-order valence-corrected chi connectivity index (χ4v) is 2.08. The highest BCUT2D eigenvalue weighted by molar-refractivity contribution is 6.31. The Morgan fingerprint density at radius 3 is 2.75 bits per heavy atom. The van der Waals surface area contributed by atoms with Crippen molar-refractivity contribution in [3.05, 3.63) is 34.6 Å². The van der Waals surface area contributed by atoms with Crippen LogP contribution < -0.4 is 5.32 Å². The van der Waals surface area contributed by atoms with Gasteiger partial charge in [-0.15, -0.1) is 0 Å². The normalized spacial score (nSPS) is 12.8. The van der Waals surface area contributed by atoms with Crippen molar-refractivity contribution in [3.8, 4) is 0 Å². The van der Waals surface area contributed by atoms with Crippen LogP contribution in [0.1, 0.15) is 44.2 Å². The molecule has 1 aromatic rings. The minimum Gasteiger partial charge on any atom is -0.313 e. The number of unbranched alkanes of at least 4 members (excludes halogenated alkanes) is 2. The van der Waals surface area contributed by atoms with Crippen LogP contribution in [0.5, 0.6) is 0 Å². The molecule has 0 radical (unpaired) electrons. The van der Waals surface area contributed by atoms with Crippen LogP contribution in [0.2, 0.25) is 5.02 Å². The maximum absolute atomic E-state index is 13.1. The third-order valence-electron chi connectivity index (χ3n) is 2.78. The summed E-state index contributed by atoms with van der Waals surface area (Å²) >= 11 is 6.08. The fraction of sp³-hybridized carbons (Fsp3) is 0.538. The third-order valence-corrected chi connectivity index (χ3v) is 3.12. The maximum Gasteiger partial charge on any atom is 0.123 e. The van der Waals surface area contributed by atoms with Gasteiger partial charge in [0.15, 0.2) is 0 Å². The van der Waals surface area contributed by atoms with Gasteiger partial charge in [-0.3, -0.25) is 0 Å². The molecule has 1 unspecified atom stereocenters. The molecule has 1 atom stereocenters. The lowest BCUT2D eigenvalue weighted by Gasteiger charge is -2.17. The van der Waals surface area contributed by atoms with Crippen LogP contribution in [0, 0.1) is 5.82 Å². The second-order valence-electron chi connectivity index (χ2n) is 4.00. The number of hydrogen-bond donors (Lipinski definition) is 1. The summed E-state index contributed by atoms with van der Waals surface area (Å²) in [6.07, 6.45) is 4.51. The van der Waals surface area contributed by atoms with E-state index < -0.39 is 0 Å². The van der Waals surface area contributed by atoms with Gasteiger partial charge in [-0.1, -0.05) is 37.8 Å². The molecule has 0 amide bonds. The van der Waals surface area contributed by atoms with E-state index in [1.165, 1.54) is 25.0 Å². The Morgan fingerprint density at radius 2 is 2.12 bits per heavy atom. The van der Waals surface area contributed by atoms with Crippen molar-refractivity contribution < 1.29 is 4.39 Å². The predicted octanol–water partition coefficient (Wildman–Crippen LogP) is 4.32. The van der Waals surface area contributed by atoms with Crippen molar-refractivity contribution in [2.45, 2.75) is 38.6 Å². The molecule has 0 fully saturated rings. The van der Waals surface area contributed by atoms with Gasteiger partial charge < -0.3 is 5.32 Å². The van der Waals surface area contributed by atoms with E-state index in [4.69, 9.17) is 11.6 Å². The van der Waals surface area contributed by atoms with E-state index in [-0.39, 0.29) is 11.9 Å². The average molecular weight is 244 g/mol. The second kappa shape index (κ2) is 6.87. The number of rotatable bonds is 6. The topological polar surface area (TPSA) is 12.0 Å². The monoisotopic (exact) mass is 243 g/mol. The lowest BCUT2D eigenvalue weighted by atomic mass is 10.0. The zero-order chi connectivity index (χ0) is 12.0.